The summed E-state index contributed by atoms with van der Waals surface area (Å²) in [5.41, 5.74) is 3.71. The first-order valence-electron chi connectivity index (χ1n) is 7.43. The van der Waals surface area contributed by atoms with Crippen LogP contribution in [0.3, 0.4) is 0 Å². The lowest BCUT2D eigenvalue weighted by Crippen LogP contribution is -2.30. The second-order valence-corrected chi connectivity index (χ2v) is 5.97. The number of likely N-dealkylation sites (N-methyl/N-ethyl adjacent to an activating group) is 1. The van der Waals surface area contributed by atoms with Crippen molar-refractivity contribution >= 4 is 5.78 Å². The molecule has 0 saturated heterocycles. The summed E-state index contributed by atoms with van der Waals surface area (Å²) in [6.45, 7) is 5.95. The van der Waals surface area contributed by atoms with E-state index >= 15 is 0 Å². The zero-order valence-electron chi connectivity index (χ0n) is 12.4. The van der Waals surface area contributed by atoms with Crippen LogP contribution in [0.5, 0.6) is 0 Å². The quantitative estimate of drug-likeness (QED) is 0.730. The Morgan fingerprint density at radius 2 is 2.05 bits per heavy atom. The molecule has 1 atom stereocenters. The van der Waals surface area contributed by atoms with E-state index in [2.05, 4.69) is 30.9 Å². The van der Waals surface area contributed by atoms with Crippen LogP contribution in [0.15, 0.2) is 18.2 Å². The van der Waals surface area contributed by atoms with Gasteiger partial charge in [-0.05, 0) is 49.4 Å². The Morgan fingerprint density at radius 3 is 2.79 bits per heavy atom. The number of hydrogen-bond acceptors (Lipinski definition) is 2. The average molecular weight is 259 g/mol. The van der Waals surface area contributed by atoms with E-state index in [0.29, 0.717) is 12.5 Å². The minimum Gasteiger partial charge on any atom is -0.299 e. The third-order valence-corrected chi connectivity index (χ3v) is 4.15. The Labute approximate surface area is 116 Å². The van der Waals surface area contributed by atoms with Crippen LogP contribution in [0.2, 0.25) is 0 Å². The summed E-state index contributed by atoms with van der Waals surface area (Å²) in [6.07, 6.45) is 4.72. The number of aryl methyl sites for hydroxylation is 2. The van der Waals surface area contributed by atoms with Gasteiger partial charge in [0.2, 0.25) is 0 Å². The van der Waals surface area contributed by atoms with Crippen molar-refractivity contribution in [3.8, 4) is 0 Å². The number of fused-ring (bicyclic) bond motifs is 1. The number of carbonyl (C=O) groups is 1. The first-order valence-corrected chi connectivity index (χ1v) is 7.43. The van der Waals surface area contributed by atoms with Crippen molar-refractivity contribution in [1.82, 2.24) is 4.90 Å². The third-order valence-electron chi connectivity index (χ3n) is 4.15. The van der Waals surface area contributed by atoms with E-state index in [9.17, 15) is 4.79 Å². The van der Waals surface area contributed by atoms with Gasteiger partial charge in [0.05, 0.1) is 6.54 Å². The van der Waals surface area contributed by atoms with E-state index in [0.717, 1.165) is 24.9 Å². The monoisotopic (exact) mass is 259 g/mol. The molecule has 0 N–H and O–H groups in total. The Morgan fingerprint density at radius 1 is 1.32 bits per heavy atom. The molecule has 0 saturated carbocycles. The van der Waals surface area contributed by atoms with Crippen LogP contribution in [0.25, 0.3) is 0 Å². The summed E-state index contributed by atoms with van der Waals surface area (Å²) in [5.74, 6) is 0.901. The zero-order valence-corrected chi connectivity index (χ0v) is 12.4. The second-order valence-electron chi connectivity index (χ2n) is 5.97. The normalized spacial score (nSPS) is 15.6. The van der Waals surface area contributed by atoms with Gasteiger partial charge in [-0.1, -0.05) is 32.4 Å². The maximum Gasteiger partial charge on any atom is 0.176 e. The molecule has 1 aliphatic rings. The number of nitrogens with zero attached hydrogens (tertiary/aromatic N) is 1. The van der Waals surface area contributed by atoms with Gasteiger partial charge in [-0.2, -0.15) is 0 Å². The zero-order chi connectivity index (χ0) is 13.8. The molecular weight excluding hydrogens is 234 g/mol. The van der Waals surface area contributed by atoms with Crippen molar-refractivity contribution in [3.63, 3.8) is 0 Å². The molecule has 0 bridgehead atoms. The molecule has 2 nitrogen and oxygen atoms in total. The number of benzene rings is 1. The summed E-state index contributed by atoms with van der Waals surface area (Å²) >= 11 is 0. The molecule has 1 unspecified atom stereocenters. The molecule has 1 aliphatic carbocycles. The van der Waals surface area contributed by atoms with Gasteiger partial charge >= 0.3 is 0 Å². The molecule has 1 aromatic rings. The minimum absolute atomic E-state index is 0.250. The molecule has 0 heterocycles. The fourth-order valence-corrected chi connectivity index (χ4v) is 2.81. The maximum absolute atomic E-state index is 12.3. The van der Waals surface area contributed by atoms with Crippen molar-refractivity contribution in [3.05, 3.63) is 34.9 Å². The molecule has 2 rings (SSSR count). The van der Waals surface area contributed by atoms with E-state index in [4.69, 9.17) is 0 Å². The molecular formula is C17H25NO. The van der Waals surface area contributed by atoms with Gasteiger partial charge in [0.1, 0.15) is 0 Å². The van der Waals surface area contributed by atoms with Crippen molar-refractivity contribution in [2.75, 3.05) is 20.1 Å². The van der Waals surface area contributed by atoms with Gasteiger partial charge in [-0.25, -0.2) is 0 Å². The Bertz CT molecular complexity index is 453. The summed E-state index contributed by atoms with van der Waals surface area (Å²) in [5, 5.41) is 0. The van der Waals surface area contributed by atoms with E-state index in [1.54, 1.807) is 0 Å². The summed E-state index contributed by atoms with van der Waals surface area (Å²) in [7, 11) is 2.04. The van der Waals surface area contributed by atoms with Crippen LogP contribution in [0, 0.1) is 5.92 Å². The molecule has 0 aliphatic heterocycles. The van der Waals surface area contributed by atoms with E-state index in [1.807, 2.05) is 13.1 Å². The number of ketones is 1. The van der Waals surface area contributed by atoms with Crippen LogP contribution in [0.4, 0.5) is 0 Å². The van der Waals surface area contributed by atoms with Crippen molar-refractivity contribution in [2.45, 2.75) is 39.5 Å². The van der Waals surface area contributed by atoms with Crippen LogP contribution >= 0.6 is 0 Å². The van der Waals surface area contributed by atoms with Crippen LogP contribution < -0.4 is 0 Å². The second kappa shape index (κ2) is 6.33. The van der Waals surface area contributed by atoms with Gasteiger partial charge in [-0.15, -0.1) is 0 Å². The Balaban J connectivity index is 1.96. The fourth-order valence-electron chi connectivity index (χ4n) is 2.81. The lowest BCUT2D eigenvalue weighted by molar-refractivity contribution is 0.0938. The number of Topliss-reactive ketones (excluding diaryl/α,β-unsaturated/α-hetero) is 1. The van der Waals surface area contributed by atoms with Crippen LogP contribution in [0.1, 0.15) is 48.2 Å². The Hall–Kier alpha value is -1.15. The van der Waals surface area contributed by atoms with E-state index in [1.165, 1.54) is 24.0 Å². The molecule has 2 heteroatoms. The molecule has 104 valence electrons. The standard InChI is InChI=1S/C17H25NO/c1-4-13(2)11-18(3)12-17(19)16-9-8-14-6-5-7-15(14)10-16/h8-10,13H,4-7,11-12H2,1-3H3. The first-order chi connectivity index (χ1) is 9.10. The summed E-state index contributed by atoms with van der Waals surface area (Å²) < 4.78 is 0. The number of hydrogen-bond donors (Lipinski definition) is 0. The highest BCUT2D eigenvalue weighted by Gasteiger charge is 2.15. The molecule has 1 aromatic carbocycles. The van der Waals surface area contributed by atoms with Gasteiger partial charge in [0, 0.05) is 12.1 Å². The smallest absolute Gasteiger partial charge is 0.176 e. The van der Waals surface area contributed by atoms with Crippen LogP contribution in [-0.2, 0) is 12.8 Å². The predicted octanol–water partition coefficient (Wildman–Crippen LogP) is 3.34. The van der Waals surface area contributed by atoms with Gasteiger partial charge in [0.25, 0.3) is 0 Å². The largest absolute Gasteiger partial charge is 0.299 e. The summed E-state index contributed by atoms with van der Waals surface area (Å²) in [6, 6.07) is 6.26. The average Bonchev–Trinajstić information content (AvgIpc) is 2.85. The topological polar surface area (TPSA) is 20.3 Å². The summed E-state index contributed by atoms with van der Waals surface area (Å²) in [4.78, 5) is 14.4. The lowest BCUT2D eigenvalue weighted by Gasteiger charge is -2.19. The number of carbonyl (C=O) groups excluding carboxylic acids is 1. The minimum atomic E-state index is 0.250. The highest BCUT2D eigenvalue weighted by Crippen LogP contribution is 2.23. The SMILES string of the molecule is CCC(C)CN(C)CC(=O)c1ccc2c(c1)CCC2. The van der Waals surface area contributed by atoms with Crippen molar-refractivity contribution in [1.29, 1.82) is 0 Å². The third kappa shape index (κ3) is 3.66. The molecule has 19 heavy (non-hydrogen) atoms. The molecule has 0 aromatic heterocycles. The van der Waals surface area contributed by atoms with Gasteiger partial charge in [-0.3, -0.25) is 9.69 Å². The molecule has 0 spiro atoms. The van der Waals surface area contributed by atoms with E-state index in [-0.39, 0.29) is 5.78 Å². The maximum atomic E-state index is 12.3. The Kier molecular flexibility index (Phi) is 4.76. The van der Waals surface area contributed by atoms with Gasteiger partial charge < -0.3 is 0 Å². The predicted molar refractivity (Wildman–Crippen MR) is 79.7 cm³/mol. The van der Waals surface area contributed by atoms with Crippen LogP contribution in [-0.4, -0.2) is 30.8 Å². The lowest BCUT2D eigenvalue weighted by atomic mass is 10.0. The molecule has 0 amide bonds. The highest BCUT2D eigenvalue weighted by molar-refractivity contribution is 5.97. The van der Waals surface area contributed by atoms with Crippen molar-refractivity contribution in [2.24, 2.45) is 5.92 Å². The molecule has 0 fully saturated rings. The highest BCUT2D eigenvalue weighted by atomic mass is 16.1. The fraction of sp³-hybridized carbons (Fsp3) is 0.588. The first kappa shape index (κ1) is 14.3. The number of rotatable bonds is 6. The van der Waals surface area contributed by atoms with Gasteiger partial charge in [0.15, 0.2) is 5.78 Å². The van der Waals surface area contributed by atoms with E-state index < -0.39 is 0 Å². The molecule has 0 radical (unpaired) electrons. The van der Waals surface area contributed by atoms with Crippen molar-refractivity contribution < 1.29 is 4.79 Å².